The Morgan fingerprint density at radius 2 is 2.10 bits per heavy atom. The predicted octanol–water partition coefficient (Wildman–Crippen LogP) is 2.26. The van der Waals surface area contributed by atoms with E-state index in [0.29, 0.717) is 22.2 Å². The van der Waals surface area contributed by atoms with E-state index >= 15 is 0 Å². The van der Waals surface area contributed by atoms with Gasteiger partial charge in [-0.05, 0) is 30.3 Å². The molecule has 0 aliphatic heterocycles. The van der Waals surface area contributed by atoms with E-state index in [4.69, 9.17) is 9.15 Å². The third kappa shape index (κ3) is 2.79. The first-order valence-electron chi connectivity index (χ1n) is 6.17. The Morgan fingerprint density at radius 1 is 1.19 bits per heavy atom. The van der Waals surface area contributed by atoms with E-state index in [2.05, 4.69) is 9.97 Å². The Labute approximate surface area is 119 Å². The van der Waals surface area contributed by atoms with Crippen molar-refractivity contribution in [2.75, 3.05) is 6.61 Å². The maximum absolute atomic E-state index is 11.9. The minimum absolute atomic E-state index is 0.304. The van der Waals surface area contributed by atoms with Crippen molar-refractivity contribution in [3.8, 4) is 0 Å². The molecule has 0 bridgehead atoms. The number of ketones is 1. The van der Waals surface area contributed by atoms with E-state index in [1.807, 2.05) is 0 Å². The minimum atomic E-state index is -0.592. The molecule has 2 aromatic heterocycles. The number of aromatic nitrogens is 2. The third-order valence-corrected chi connectivity index (χ3v) is 2.88. The standard InChI is InChI=1S/C15H10N2O4/c18-13(11-2-1-5-16-7-11)8-20-15(19)10-3-4-12-14(6-10)21-9-17-12/h1-7,9H,8H2. The molecule has 3 rings (SSSR count). The number of nitrogens with zero attached hydrogens (tertiary/aromatic N) is 2. The number of ether oxygens (including phenoxy) is 1. The van der Waals surface area contributed by atoms with E-state index in [9.17, 15) is 9.59 Å². The molecule has 6 nitrogen and oxygen atoms in total. The number of hydrogen-bond acceptors (Lipinski definition) is 6. The van der Waals surface area contributed by atoms with Gasteiger partial charge in [-0.25, -0.2) is 9.78 Å². The van der Waals surface area contributed by atoms with Crippen molar-refractivity contribution in [1.29, 1.82) is 0 Å². The van der Waals surface area contributed by atoms with Gasteiger partial charge in [-0.1, -0.05) is 0 Å². The average Bonchev–Trinajstić information content (AvgIpc) is 3.00. The molecule has 0 unspecified atom stereocenters. The Morgan fingerprint density at radius 3 is 2.90 bits per heavy atom. The Bertz CT molecular complexity index is 796. The number of Topliss-reactive ketones (excluding diaryl/α,β-unsaturated/α-hetero) is 1. The molecule has 0 radical (unpaired) electrons. The van der Waals surface area contributed by atoms with Gasteiger partial charge in [0.1, 0.15) is 5.52 Å². The Balaban J connectivity index is 1.67. The molecule has 0 atom stereocenters. The number of fused-ring (bicyclic) bond motifs is 1. The lowest BCUT2D eigenvalue weighted by molar-refractivity contribution is 0.0474. The molecule has 0 spiro atoms. The summed E-state index contributed by atoms with van der Waals surface area (Å²) in [6.45, 7) is -0.334. The quantitative estimate of drug-likeness (QED) is 0.539. The molecule has 0 fully saturated rings. The monoisotopic (exact) mass is 282 g/mol. The minimum Gasteiger partial charge on any atom is -0.454 e. The lowest BCUT2D eigenvalue weighted by Crippen LogP contribution is -2.14. The van der Waals surface area contributed by atoms with E-state index < -0.39 is 5.97 Å². The van der Waals surface area contributed by atoms with Gasteiger partial charge in [-0.3, -0.25) is 9.78 Å². The summed E-state index contributed by atoms with van der Waals surface area (Å²) >= 11 is 0. The topological polar surface area (TPSA) is 82.3 Å². The number of rotatable bonds is 4. The van der Waals surface area contributed by atoms with Crippen molar-refractivity contribution in [3.05, 3.63) is 60.2 Å². The van der Waals surface area contributed by atoms with E-state index in [1.54, 1.807) is 30.5 Å². The maximum atomic E-state index is 11.9. The van der Waals surface area contributed by atoms with Crippen LogP contribution < -0.4 is 0 Å². The highest BCUT2D eigenvalue weighted by molar-refractivity contribution is 5.99. The van der Waals surface area contributed by atoms with Gasteiger partial charge in [-0.15, -0.1) is 0 Å². The summed E-state index contributed by atoms with van der Waals surface area (Å²) in [5.41, 5.74) is 1.84. The van der Waals surface area contributed by atoms with Gasteiger partial charge < -0.3 is 9.15 Å². The summed E-state index contributed by atoms with van der Waals surface area (Å²) in [5.74, 6) is -0.900. The number of carbonyl (C=O) groups excluding carboxylic acids is 2. The van der Waals surface area contributed by atoms with Gasteiger partial charge in [0, 0.05) is 18.0 Å². The van der Waals surface area contributed by atoms with Gasteiger partial charge in [0.15, 0.2) is 18.6 Å². The van der Waals surface area contributed by atoms with Crippen LogP contribution in [0.15, 0.2) is 53.5 Å². The van der Waals surface area contributed by atoms with Crippen molar-refractivity contribution in [2.24, 2.45) is 0 Å². The van der Waals surface area contributed by atoms with Crippen LogP contribution in [-0.2, 0) is 4.74 Å². The van der Waals surface area contributed by atoms with Crippen LogP contribution in [-0.4, -0.2) is 28.3 Å². The molecule has 0 N–H and O–H groups in total. The van der Waals surface area contributed by atoms with Gasteiger partial charge in [0.2, 0.25) is 5.78 Å². The van der Waals surface area contributed by atoms with Crippen molar-refractivity contribution < 1.29 is 18.7 Å². The highest BCUT2D eigenvalue weighted by Crippen LogP contribution is 2.15. The molecule has 2 heterocycles. The van der Waals surface area contributed by atoms with Crippen LogP contribution in [0.1, 0.15) is 20.7 Å². The van der Waals surface area contributed by atoms with Crippen molar-refractivity contribution in [2.45, 2.75) is 0 Å². The lowest BCUT2D eigenvalue weighted by Gasteiger charge is -2.04. The van der Waals surface area contributed by atoms with Crippen molar-refractivity contribution in [1.82, 2.24) is 9.97 Å². The molecule has 0 aliphatic rings. The number of carbonyl (C=O) groups is 2. The predicted molar refractivity (Wildman–Crippen MR) is 72.9 cm³/mol. The van der Waals surface area contributed by atoms with E-state index in [0.717, 1.165) is 0 Å². The van der Waals surface area contributed by atoms with E-state index in [1.165, 1.54) is 18.7 Å². The molecule has 0 saturated carbocycles. The molecular formula is C15H10N2O4. The average molecular weight is 282 g/mol. The first-order chi connectivity index (χ1) is 10.2. The lowest BCUT2D eigenvalue weighted by atomic mass is 10.2. The highest BCUT2D eigenvalue weighted by atomic mass is 16.5. The second-order valence-electron chi connectivity index (χ2n) is 4.28. The summed E-state index contributed by atoms with van der Waals surface area (Å²) in [6, 6.07) is 8.01. The number of benzene rings is 1. The van der Waals surface area contributed by atoms with Gasteiger partial charge in [0.05, 0.1) is 5.56 Å². The molecule has 1 aromatic carbocycles. The summed E-state index contributed by atoms with van der Waals surface area (Å²) < 4.78 is 10.1. The third-order valence-electron chi connectivity index (χ3n) is 2.88. The maximum Gasteiger partial charge on any atom is 0.338 e. The highest BCUT2D eigenvalue weighted by Gasteiger charge is 2.13. The largest absolute Gasteiger partial charge is 0.454 e. The zero-order valence-electron chi connectivity index (χ0n) is 10.9. The number of oxazole rings is 1. The SMILES string of the molecule is O=C(COC(=O)c1ccc2ncoc2c1)c1cccnc1. The van der Waals surface area contributed by atoms with Gasteiger partial charge >= 0.3 is 5.97 Å². The second kappa shape index (κ2) is 5.54. The molecule has 104 valence electrons. The first kappa shape index (κ1) is 13.0. The van der Waals surface area contributed by atoms with Crippen LogP contribution in [0.5, 0.6) is 0 Å². The molecule has 6 heteroatoms. The van der Waals surface area contributed by atoms with Crippen LogP contribution >= 0.6 is 0 Å². The van der Waals surface area contributed by atoms with Crippen LogP contribution in [0.4, 0.5) is 0 Å². The fourth-order valence-corrected chi connectivity index (χ4v) is 1.81. The molecule has 21 heavy (non-hydrogen) atoms. The molecular weight excluding hydrogens is 272 g/mol. The van der Waals surface area contributed by atoms with Gasteiger partial charge in [-0.2, -0.15) is 0 Å². The molecule has 0 amide bonds. The fraction of sp³-hybridized carbons (Fsp3) is 0.0667. The zero-order chi connectivity index (χ0) is 14.7. The van der Waals surface area contributed by atoms with E-state index in [-0.39, 0.29) is 12.4 Å². The van der Waals surface area contributed by atoms with Gasteiger partial charge in [0.25, 0.3) is 0 Å². The fourth-order valence-electron chi connectivity index (χ4n) is 1.81. The van der Waals surface area contributed by atoms with Crippen LogP contribution in [0.3, 0.4) is 0 Å². The Kier molecular flexibility index (Phi) is 3.42. The zero-order valence-corrected chi connectivity index (χ0v) is 10.9. The molecule has 0 saturated heterocycles. The van der Waals surface area contributed by atoms with Crippen molar-refractivity contribution >= 4 is 22.9 Å². The smallest absolute Gasteiger partial charge is 0.338 e. The number of pyridine rings is 1. The summed E-state index contributed by atoms with van der Waals surface area (Å²) in [5, 5.41) is 0. The summed E-state index contributed by atoms with van der Waals surface area (Å²) in [4.78, 5) is 31.5. The molecule has 0 aliphatic carbocycles. The van der Waals surface area contributed by atoms with Crippen molar-refractivity contribution in [3.63, 3.8) is 0 Å². The summed E-state index contributed by atoms with van der Waals surface area (Å²) in [6.07, 6.45) is 4.29. The van der Waals surface area contributed by atoms with Crippen LogP contribution in [0, 0.1) is 0 Å². The number of hydrogen-bond donors (Lipinski definition) is 0. The second-order valence-corrected chi connectivity index (χ2v) is 4.28. The van der Waals surface area contributed by atoms with Crippen LogP contribution in [0.2, 0.25) is 0 Å². The Hall–Kier alpha value is -3.02. The van der Waals surface area contributed by atoms with Crippen LogP contribution in [0.25, 0.3) is 11.1 Å². The normalized spacial score (nSPS) is 10.5. The molecule has 3 aromatic rings. The number of esters is 1. The summed E-state index contributed by atoms with van der Waals surface area (Å²) in [7, 11) is 0. The first-order valence-corrected chi connectivity index (χ1v) is 6.17.